The van der Waals surface area contributed by atoms with E-state index < -0.39 is 0 Å². The van der Waals surface area contributed by atoms with Gasteiger partial charge in [-0.05, 0) is 30.5 Å². The maximum atomic E-state index is 11.7. The molecule has 0 bridgehead atoms. The predicted molar refractivity (Wildman–Crippen MR) is 70.6 cm³/mol. The Morgan fingerprint density at radius 2 is 2.00 bits per heavy atom. The van der Waals surface area contributed by atoms with Crippen molar-refractivity contribution >= 4 is 11.8 Å². The highest BCUT2D eigenvalue weighted by Crippen LogP contribution is 2.11. The third-order valence-corrected chi connectivity index (χ3v) is 3.17. The van der Waals surface area contributed by atoms with Gasteiger partial charge < -0.3 is 15.3 Å². The van der Waals surface area contributed by atoms with E-state index >= 15 is 0 Å². The highest BCUT2D eigenvalue weighted by molar-refractivity contribution is 5.85. The zero-order valence-corrected chi connectivity index (χ0v) is 10.8. The average Bonchev–Trinajstić information content (AvgIpc) is 2.90. The first-order valence-corrected chi connectivity index (χ1v) is 6.47. The highest BCUT2D eigenvalue weighted by Gasteiger charge is 2.18. The van der Waals surface area contributed by atoms with Crippen LogP contribution < -0.4 is 5.32 Å². The molecule has 0 unspecified atom stereocenters. The molecular formula is C14H18N2O3. The number of phenolic OH excluding ortho intramolecular Hbond substituents is 1. The largest absolute Gasteiger partial charge is 0.508 e. The van der Waals surface area contributed by atoms with Crippen LogP contribution in [-0.2, 0) is 16.0 Å². The molecule has 1 aromatic carbocycles. The van der Waals surface area contributed by atoms with Crippen LogP contribution in [0.25, 0.3) is 0 Å². The second-order valence-electron chi connectivity index (χ2n) is 4.71. The van der Waals surface area contributed by atoms with Crippen LogP contribution in [-0.4, -0.2) is 41.5 Å². The molecule has 1 heterocycles. The van der Waals surface area contributed by atoms with E-state index in [0.717, 1.165) is 31.5 Å². The lowest BCUT2D eigenvalue weighted by Crippen LogP contribution is -2.39. The molecule has 5 nitrogen and oxygen atoms in total. The number of nitrogens with one attached hydrogen (secondary N) is 1. The van der Waals surface area contributed by atoms with Gasteiger partial charge in [0.2, 0.25) is 11.8 Å². The van der Waals surface area contributed by atoms with Gasteiger partial charge in [-0.2, -0.15) is 0 Å². The molecule has 102 valence electrons. The van der Waals surface area contributed by atoms with Gasteiger partial charge in [-0.15, -0.1) is 0 Å². The van der Waals surface area contributed by atoms with E-state index in [1.54, 1.807) is 29.2 Å². The van der Waals surface area contributed by atoms with E-state index in [-0.39, 0.29) is 30.5 Å². The van der Waals surface area contributed by atoms with Crippen molar-refractivity contribution in [3.8, 4) is 5.75 Å². The third-order valence-electron chi connectivity index (χ3n) is 3.17. The Hall–Kier alpha value is -2.04. The SMILES string of the molecule is O=C(Cc1cccc(O)c1)NCC(=O)N1CCCC1. The van der Waals surface area contributed by atoms with Gasteiger partial charge in [-0.3, -0.25) is 9.59 Å². The van der Waals surface area contributed by atoms with E-state index in [0.29, 0.717) is 0 Å². The highest BCUT2D eigenvalue weighted by atomic mass is 16.3. The van der Waals surface area contributed by atoms with Crippen LogP contribution in [0.4, 0.5) is 0 Å². The molecule has 0 aliphatic carbocycles. The zero-order valence-electron chi connectivity index (χ0n) is 10.8. The number of carbonyl (C=O) groups is 2. The van der Waals surface area contributed by atoms with Crippen LogP contribution in [0.2, 0.25) is 0 Å². The van der Waals surface area contributed by atoms with Gasteiger partial charge in [0.15, 0.2) is 0 Å². The molecule has 5 heteroatoms. The molecule has 0 aromatic heterocycles. The molecule has 0 atom stereocenters. The summed E-state index contributed by atoms with van der Waals surface area (Å²) in [5, 5.41) is 11.9. The molecule has 19 heavy (non-hydrogen) atoms. The Labute approximate surface area is 112 Å². The monoisotopic (exact) mass is 262 g/mol. The van der Waals surface area contributed by atoms with E-state index in [1.165, 1.54) is 0 Å². The van der Waals surface area contributed by atoms with Crippen LogP contribution >= 0.6 is 0 Å². The second kappa shape index (κ2) is 6.22. The van der Waals surface area contributed by atoms with Gasteiger partial charge in [0.05, 0.1) is 13.0 Å². The van der Waals surface area contributed by atoms with E-state index in [4.69, 9.17) is 0 Å². The van der Waals surface area contributed by atoms with Gasteiger partial charge in [0.1, 0.15) is 5.75 Å². The number of likely N-dealkylation sites (tertiary alicyclic amines) is 1. The van der Waals surface area contributed by atoms with Gasteiger partial charge in [0.25, 0.3) is 0 Å². The molecule has 0 spiro atoms. The van der Waals surface area contributed by atoms with E-state index in [9.17, 15) is 14.7 Å². The van der Waals surface area contributed by atoms with E-state index in [2.05, 4.69) is 5.32 Å². The molecule has 1 aliphatic heterocycles. The van der Waals surface area contributed by atoms with Crippen molar-refractivity contribution in [3.63, 3.8) is 0 Å². The number of amides is 2. The summed E-state index contributed by atoms with van der Waals surface area (Å²) in [7, 11) is 0. The van der Waals surface area contributed by atoms with Crippen LogP contribution in [0, 0.1) is 0 Å². The first kappa shape index (κ1) is 13.4. The Morgan fingerprint density at radius 1 is 1.26 bits per heavy atom. The van der Waals surface area contributed by atoms with Crippen LogP contribution in [0.1, 0.15) is 18.4 Å². The zero-order chi connectivity index (χ0) is 13.7. The number of carbonyl (C=O) groups excluding carboxylic acids is 2. The Balaban J connectivity index is 1.76. The molecule has 1 aromatic rings. The average molecular weight is 262 g/mol. The number of hydrogen-bond donors (Lipinski definition) is 2. The molecule has 1 aliphatic rings. The lowest BCUT2D eigenvalue weighted by molar-refractivity contribution is -0.131. The van der Waals surface area contributed by atoms with Crippen molar-refractivity contribution in [2.24, 2.45) is 0 Å². The smallest absolute Gasteiger partial charge is 0.241 e. The number of benzene rings is 1. The summed E-state index contributed by atoms with van der Waals surface area (Å²) in [6, 6.07) is 6.55. The van der Waals surface area contributed by atoms with Crippen LogP contribution in [0.5, 0.6) is 5.75 Å². The topological polar surface area (TPSA) is 69.6 Å². The lowest BCUT2D eigenvalue weighted by Gasteiger charge is -2.15. The van der Waals surface area contributed by atoms with Gasteiger partial charge >= 0.3 is 0 Å². The minimum atomic E-state index is -0.210. The summed E-state index contributed by atoms with van der Waals surface area (Å²) < 4.78 is 0. The fraction of sp³-hybridized carbons (Fsp3) is 0.429. The molecule has 2 N–H and O–H groups in total. The summed E-state index contributed by atoms with van der Waals surface area (Å²) in [4.78, 5) is 25.2. The number of rotatable bonds is 4. The van der Waals surface area contributed by atoms with Crippen molar-refractivity contribution in [1.82, 2.24) is 10.2 Å². The maximum absolute atomic E-state index is 11.7. The summed E-state index contributed by atoms with van der Waals surface area (Å²) >= 11 is 0. The van der Waals surface area contributed by atoms with Gasteiger partial charge in [0, 0.05) is 13.1 Å². The number of hydrogen-bond acceptors (Lipinski definition) is 3. The first-order chi connectivity index (χ1) is 9.15. The Morgan fingerprint density at radius 3 is 2.68 bits per heavy atom. The third kappa shape index (κ3) is 3.98. The first-order valence-electron chi connectivity index (χ1n) is 6.47. The Bertz CT molecular complexity index is 468. The van der Waals surface area contributed by atoms with Crippen molar-refractivity contribution in [1.29, 1.82) is 0 Å². The van der Waals surface area contributed by atoms with Crippen LogP contribution in [0.15, 0.2) is 24.3 Å². The quantitative estimate of drug-likeness (QED) is 0.838. The summed E-state index contributed by atoms with van der Waals surface area (Å²) in [6.07, 6.45) is 2.26. The number of nitrogens with zero attached hydrogens (tertiary/aromatic N) is 1. The van der Waals surface area contributed by atoms with Gasteiger partial charge in [-0.1, -0.05) is 12.1 Å². The predicted octanol–water partition coefficient (Wildman–Crippen LogP) is 0.673. The molecule has 0 saturated carbocycles. The number of aromatic hydroxyl groups is 1. The van der Waals surface area contributed by atoms with Gasteiger partial charge in [-0.25, -0.2) is 0 Å². The van der Waals surface area contributed by atoms with Crippen LogP contribution in [0.3, 0.4) is 0 Å². The minimum absolute atomic E-state index is 0.0261. The van der Waals surface area contributed by atoms with Crippen molar-refractivity contribution in [2.75, 3.05) is 19.6 Å². The standard InChI is InChI=1S/C14H18N2O3/c17-12-5-3-4-11(8-12)9-13(18)15-10-14(19)16-6-1-2-7-16/h3-5,8,17H,1-2,6-7,9-10H2,(H,15,18). The minimum Gasteiger partial charge on any atom is -0.508 e. The Kier molecular flexibility index (Phi) is 4.39. The lowest BCUT2D eigenvalue weighted by atomic mass is 10.1. The molecule has 2 rings (SSSR count). The molecular weight excluding hydrogens is 244 g/mol. The van der Waals surface area contributed by atoms with Crippen molar-refractivity contribution in [2.45, 2.75) is 19.3 Å². The molecule has 0 radical (unpaired) electrons. The summed E-state index contributed by atoms with van der Waals surface area (Å²) in [5.41, 5.74) is 0.728. The van der Waals surface area contributed by atoms with Crippen molar-refractivity contribution < 1.29 is 14.7 Å². The fourth-order valence-electron chi connectivity index (χ4n) is 2.17. The maximum Gasteiger partial charge on any atom is 0.241 e. The number of phenols is 1. The molecule has 2 amide bonds. The normalized spacial score (nSPS) is 14.4. The summed E-state index contributed by atoms with van der Waals surface area (Å²) in [6.45, 7) is 1.64. The molecule has 1 saturated heterocycles. The van der Waals surface area contributed by atoms with E-state index in [1.807, 2.05) is 0 Å². The summed E-state index contributed by atoms with van der Waals surface area (Å²) in [5.74, 6) is -0.0988. The second-order valence-corrected chi connectivity index (χ2v) is 4.71. The van der Waals surface area contributed by atoms with Crippen molar-refractivity contribution in [3.05, 3.63) is 29.8 Å². The molecule has 1 fully saturated rings. The fourth-order valence-corrected chi connectivity index (χ4v) is 2.17.